The van der Waals surface area contributed by atoms with Crippen molar-refractivity contribution in [1.82, 2.24) is 4.90 Å². The zero-order valence-electron chi connectivity index (χ0n) is 20.6. The Balaban J connectivity index is 1.67. The minimum atomic E-state index is -0.541. The van der Waals surface area contributed by atoms with Crippen LogP contribution in [0.15, 0.2) is 69.9 Å². The highest BCUT2D eigenvalue weighted by Crippen LogP contribution is 2.40. The van der Waals surface area contributed by atoms with Crippen LogP contribution in [-0.4, -0.2) is 17.4 Å². The Morgan fingerprint density at radius 2 is 1.63 bits per heavy atom. The molecule has 1 aliphatic heterocycles. The molecular formula is C30H29NO4. The normalized spacial score (nSPS) is 15.0. The number of benzene rings is 3. The molecular weight excluding hydrogens is 438 g/mol. The number of amides is 1. The maximum absolute atomic E-state index is 13.8. The Hall–Kier alpha value is -3.86. The minimum absolute atomic E-state index is 0.137. The maximum Gasteiger partial charge on any atom is 0.291 e. The van der Waals surface area contributed by atoms with Crippen LogP contribution in [-0.2, 0) is 6.54 Å². The van der Waals surface area contributed by atoms with Crippen molar-refractivity contribution in [2.24, 2.45) is 0 Å². The zero-order chi connectivity index (χ0) is 24.7. The van der Waals surface area contributed by atoms with Crippen molar-refractivity contribution in [3.05, 3.63) is 110 Å². The van der Waals surface area contributed by atoms with E-state index >= 15 is 0 Å². The van der Waals surface area contributed by atoms with E-state index in [-0.39, 0.29) is 17.1 Å². The second-order valence-electron chi connectivity index (χ2n) is 9.37. The molecule has 178 valence electrons. The summed E-state index contributed by atoms with van der Waals surface area (Å²) in [5, 5.41) is 0.513. The molecule has 0 saturated carbocycles. The zero-order valence-corrected chi connectivity index (χ0v) is 20.6. The molecule has 1 atom stereocenters. The van der Waals surface area contributed by atoms with Gasteiger partial charge in [0.1, 0.15) is 11.3 Å². The quantitative estimate of drug-likeness (QED) is 0.336. The van der Waals surface area contributed by atoms with E-state index in [4.69, 9.17) is 9.15 Å². The fraction of sp³-hybridized carbons (Fsp3) is 0.267. The molecule has 1 amide bonds. The van der Waals surface area contributed by atoms with Gasteiger partial charge in [-0.25, -0.2) is 0 Å². The van der Waals surface area contributed by atoms with Gasteiger partial charge in [0, 0.05) is 6.54 Å². The topological polar surface area (TPSA) is 59.8 Å². The number of ether oxygens (including phenoxy) is 1. The van der Waals surface area contributed by atoms with E-state index in [0.29, 0.717) is 29.7 Å². The second kappa shape index (κ2) is 9.06. The highest BCUT2D eigenvalue weighted by atomic mass is 16.5. The fourth-order valence-corrected chi connectivity index (χ4v) is 4.84. The summed E-state index contributed by atoms with van der Waals surface area (Å²) in [4.78, 5) is 29.3. The van der Waals surface area contributed by atoms with Crippen LogP contribution in [0.3, 0.4) is 0 Å². The molecule has 1 aromatic heterocycles. The van der Waals surface area contributed by atoms with E-state index in [9.17, 15) is 9.59 Å². The molecule has 0 N–H and O–H groups in total. The van der Waals surface area contributed by atoms with Crippen LogP contribution in [0.5, 0.6) is 5.75 Å². The van der Waals surface area contributed by atoms with Gasteiger partial charge in [-0.2, -0.15) is 0 Å². The van der Waals surface area contributed by atoms with Crippen LogP contribution in [0.25, 0.3) is 11.0 Å². The largest absolute Gasteiger partial charge is 0.494 e. The van der Waals surface area contributed by atoms with Gasteiger partial charge in [-0.3, -0.25) is 9.59 Å². The summed E-state index contributed by atoms with van der Waals surface area (Å²) < 4.78 is 11.9. The SMILES string of the molecule is CCCOc1ccc(C2c3c(oc4c(C)cc(C)cc4c3=O)C(=O)N2Cc2ccc(C)cc2)cc1. The Morgan fingerprint density at radius 3 is 2.31 bits per heavy atom. The van der Waals surface area contributed by atoms with Gasteiger partial charge in [0.25, 0.3) is 5.91 Å². The summed E-state index contributed by atoms with van der Waals surface area (Å²) >= 11 is 0. The van der Waals surface area contributed by atoms with Gasteiger partial charge in [-0.1, -0.05) is 55.0 Å². The van der Waals surface area contributed by atoms with Crippen molar-refractivity contribution in [3.63, 3.8) is 0 Å². The first-order valence-corrected chi connectivity index (χ1v) is 12.0. The lowest BCUT2D eigenvalue weighted by atomic mass is 9.97. The summed E-state index contributed by atoms with van der Waals surface area (Å²) in [7, 11) is 0. The highest BCUT2D eigenvalue weighted by molar-refractivity contribution is 5.99. The molecule has 5 rings (SSSR count). The van der Waals surface area contributed by atoms with Gasteiger partial charge in [0.2, 0.25) is 5.76 Å². The molecule has 5 nitrogen and oxygen atoms in total. The molecule has 4 aromatic rings. The van der Waals surface area contributed by atoms with E-state index in [1.165, 1.54) is 0 Å². The van der Waals surface area contributed by atoms with Gasteiger partial charge in [-0.15, -0.1) is 0 Å². The summed E-state index contributed by atoms with van der Waals surface area (Å²) in [5.41, 5.74) is 5.56. The molecule has 0 bridgehead atoms. The monoisotopic (exact) mass is 467 g/mol. The molecule has 1 aliphatic rings. The van der Waals surface area contributed by atoms with Crippen LogP contribution in [0.2, 0.25) is 0 Å². The lowest BCUT2D eigenvalue weighted by molar-refractivity contribution is 0.0714. The van der Waals surface area contributed by atoms with E-state index in [0.717, 1.165) is 40.0 Å². The van der Waals surface area contributed by atoms with Crippen LogP contribution in [0.1, 0.15) is 63.3 Å². The molecule has 0 spiro atoms. The molecule has 0 fully saturated rings. The van der Waals surface area contributed by atoms with Crippen molar-refractivity contribution in [2.45, 2.75) is 46.7 Å². The molecule has 3 aromatic carbocycles. The highest BCUT2D eigenvalue weighted by Gasteiger charge is 2.42. The molecule has 5 heteroatoms. The number of rotatable bonds is 6. The molecule has 0 radical (unpaired) electrons. The van der Waals surface area contributed by atoms with E-state index in [1.54, 1.807) is 4.90 Å². The predicted molar refractivity (Wildman–Crippen MR) is 137 cm³/mol. The van der Waals surface area contributed by atoms with Gasteiger partial charge < -0.3 is 14.1 Å². The Bertz CT molecular complexity index is 1470. The van der Waals surface area contributed by atoms with Crippen molar-refractivity contribution < 1.29 is 13.9 Å². The van der Waals surface area contributed by atoms with Gasteiger partial charge in [0.05, 0.1) is 23.6 Å². The number of hydrogen-bond acceptors (Lipinski definition) is 4. The number of hydrogen-bond donors (Lipinski definition) is 0. The molecule has 0 aliphatic carbocycles. The molecule has 2 heterocycles. The first kappa shape index (κ1) is 22.9. The van der Waals surface area contributed by atoms with Crippen molar-refractivity contribution in [3.8, 4) is 5.75 Å². The van der Waals surface area contributed by atoms with E-state index in [1.807, 2.05) is 81.4 Å². The first-order chi connectivity index (χ1) is 16.9. The third-order valence-corrected chi connectivity index (χ3v) is 6.54. The molecule has 35 heavy (non-hydrogen) atoms. The number of carbonyl (C=O) groups excluding carboxylic acids is 1. The Labute approximate surface area is 205 Å². The minimum Gasteiger partial charge on any atom is -0.494 e. The fourth-order valence-electron chi connectivity index (χ4n) is 4.84. The average molecular weight is 468 g/mol. The van der Waals surface area contributed by atoms with Crippen molar-refractivity contribution in [1.29, 1.82) is 0 Å². The first-order valence-electron chi connectivity index (χ1n) is 12.0. The molecule has 1 unspecified atom stereocenters. The number of aryl methyl sites for hydroxylation is 3. The Kier molecular flexibility index (Phi) is 5.93. The predicted octanol–water partition coefficient (Wildman–Crippen LogP) is 6.25. The lowest BCUT2D eigenvalue weighted by Crippen LogP contribution is -2.29. The van der Waals surface area contributed by atoms with E-state index < -0.39 is 6.04 Å². The van der Waals surface area contributed by atoms with Crippen molar-refractivity contribution >= 4 is 16.9 Å². The van der Waals surface area contributed by atoms with Gasteiger partial charge in [-0.05, 0) is 67.6 Å². The number of carbonyl (C=O) groups is 1. The third-order valence-electron chi connectivity index (χ3n) is 6.54. The lowest BCUT2D eigenvalue weighted by Gasteiger charge is -2.25. The van der Waals surface area contributed by atoms with Crippen LogP contribution < -0.4 is 10.2 Å². The summed E-state index contributed by atoms with van der Waals surface area (Å²) in [6.45, 7) is 8.96. The van der Waals surface area contributed by atoms with Crippen LogP contribution >= 0.6 is 0 Å². The van der Waals surface area contributed by atoms with Crippen LogP contribution in [0, 0.1) is 20.8 Å². The van der Waals surface area contributed by atoms with Crippen molar-refractivity contribution in [2.75, 3.05) is 6.61 Å². The smallest absolute Gasteiger partial charge is 0.291 e. The summed E-state index contributed by atoms with van der Waals surface area (Å²) in [5.74, 6) is 0.635. The number of nitrogens with zero attached hydrogens (tertiary/aromatic N) is 1. The summed E-state index contributed by atoms with van der Waals surface area (Å²) in [6, 6.07) is 19.0. The molecule has 0 saturated heterocycles. The Morgan fingerprint density at radius 1 is 0.914 bits per heavy atom. The standard InChI is InChI=1S/C30H29NO4/c1-5-14-34-23-12-10-22(11-13-23)26-25-27(32)24-16-19(3)15-20(4)28(24)35-29(25)30(33)31(26)17-21-8-6-18(2)7-9-21/h6-13,15-16,26H,5,14,17H2,1-4H3. The van der Waals surface area contributed by atoms with Gasteiger partial charge in [0.15, 0.2) is 5.43 Å². The maximum atomic E-state index is 13.8. The summed E-state index contributed by atoms with van der Waals surface area (Å²) in [6.07, 6.45) is 0.920. The van der Waals surface area contributed by atoms with Gasteiger partial charge >= 0.3 is 0 Å². The van der Waals surface area contributed by atoms with Crippen LogP contribution in [0.4, 0.5) is 0 Å². The second-order valence-corrected chi connectivity index (χ2v) is 9.37. The number of fused-ring (bicyclic) bond motifs is 2. The average Bonchev–Trinajstić information content (AvgIpc) is 3.12. The van der Waals surface area contributed by atoms with E-state index in [2.05, 4.69) is 6.92 Å². The third kappa shape index (κ3) is 4.12.